The Hall–Kier alpha value is -3.05. The standard InChI is InChI=1S/C23H25FN6O/c1-22(2,31)16-4-7-29(12-16)20-10-21(27-14-26-20)30-19-9-17(23(13-25)5-3-6-23)18(24)8-15(19)11-28-30/h8-11,14,16,31H,3-7,12H2,1-2H3/t16-/m1/s1. The van der Waals surface area contributed by atoms with E-state index in [1.165, 1.54) is 12.4 Å². The molecule has 0 radical (unpaired) electrons. The molecule has 2 aromatic heterocycles. The lowest BCUT2D eigenvalue weighted by Crippen LogP contribution is -2.33. The van der Waals surface area contributed by atoms with Crippen LogP contribution in [0.5, 0.6) is 0 Å². The molecule has 7 nitrogen and oxygen atoms in total. The Kier molecular flexibility index (Phi) is 4.48. The molecule has 1 atom stereocenters. The first-order valence-corrected chi connectivity index (χ1v) is 10.7. The molecule has 8 heteroatoms. The third kappa shape index (κ3) is 3.24. The summed E-state index contributed by atoms with van der Waals surface area (Å²) in [5, 5.41) is 25.1. The van der Waals surface area contributed by atoms with Crippen LogP contribution in [0.2, 0.25) is 0 Å². The van der Waals surface area contributed by atoms with Crippen LogP contribution < -0.4 is 4.90 Å². The smallest absolute Gasteiger partial charge is 0.159 e. The van der Waals surface area contributed by atoms with Gasteiger partial charge < -0.3 is 10.0 Å². The summed E-state index contributed by atoms with van der Waals surface area (Å²) < 4.78 is 16.5. The van der Waals surface area contributed by atoms with E-state index >= 15 is 0 Å². The number of rotatable bonds is 4. The summed E-state index contributed by atoms with van der Waals surface area (Å²) in [4.78, 5) is 11.0. The van der Waals surface area contributed by atoms with Crippen molar-refractivity contribution in [3.8, 4) is 11.9 Å². The topological polar surface area (TPSA) is 90.9 Å². The van der Waals surface area contributed by atoms with Crippen LogP contribution in [-0.2, 0) is 5.41 Å². The number of aliphatic hydroxyl groups is 1. The lowest BCUT2D eigenvalue weighted by molar-refractivity contribution is 0.0263. The van der Waals surface area contributed by atoms with Gasteiger partial charge in [0.15, 0.2) is 5.82 Å². The van der Waals surface area contributed by atoms with Gasteiger partial charge in [-0.1, -0.05) is 0 Å². The molecule has 31 heavy (non-hydrogen) atoms. The van der Waals surface area contributed by atoms with Crippen LogP contribution in [0.3, 0.4) is 0 Å². The van der Waals surface area contributed by atoms with E-state index in [2.05, 4.69) is 26.0 Å². The van der Waals surface area contributed by atoms with Crippen LogP contribution in [0.4, 0.5) is 10.2 Å². The lowest BCUT2D eigenvalue weighted by Gasteiger charge is -2.35. The van der Waals surface area contributed by atoms with Crippen LogP contribution >= 0.6 is 0 Å². The van der Waals surface area contributed by atoms with Gasteiger partial charge in [-0.05, 0) is 51.7 Å². The molecule has 0 unspecified atom stereocenters. The van der Waals surface area contributed by atoms with Gasteiger partial charge in [0.05, 0.1) is 28.8 Å². The van der Waals surface area contributed by atoms with Crippen LogP contribution in [-0.4, -0.2) is 43.5 Å². The van der Waals surface area contributed by atoms with E-state index in [0.29, 0.717) is 29.6 Å². The van der Waals surface area contributed by atoms with Gasteiger partial charge >= 0.3 is 0 Å². The second-order valence-corrected chi connectivity index (χ2v) is 9.31. The molecule has 3 aromatic rings. The third-order valence-electron chi connectivity index (χ3n) is 6.96. The molecule has 2 aliphatic rings. The van der Waals surface area contributed by atoms with Gasteiger partial charge in [0.1, 0.15) is 18.0 Å². The highest BCUT2D eigenvalue weighted by Crippen LogP contribution is 2.45. The second-order valence-electron chi connectivity index (χ2n) is 9.31. The first-order valence-electron chi connectivity index (χ1n) is 10.7. The summed E-state index contributed by atoms with van der Waals surface area (Å²) in [6.07, 6.45) is 6.30. The maximum Gasteiger partial charge on any atom is 0.159 e. The fourth-order valence-electron chi connectivity index (χ4n) is 4.74. The summed E-state index contributed by atoms with van der Waals surface area (Å²) >= 11 is 0. The van der Waals surface area contributed by atoms with E-state index in [1.807, 2.05) is 19.9 Å². The predicted octanol–water partition coefficient (Wildman–Crippen LogP) is 3.50. The van der Waals surface area contributed by atoms with Gasteiger partial charge in [0.2, 0.25) is 0 Å². The normalized spacial score (nSPS) is 20.6. The maximum atomic E-state index is 14.8. The van der Waals surface area contributed by atoms with E-state index < -0.39 is 11.0 Å². The van der Waals surface area contributed by atoms with E-state index in [0.717, 1.165) is 37.3 Å². The minimum Gasteiger partial charge on any atom is -0.390 e. The van der Waals surface area contributed by atoms with Crippen molar-refractivity contribution in [2.24, 2.45) is 5.92 Å². The van der Waals surface area contributed by atoms with Crippen LogP contribution in [0.15, 0.2) is 30.7 Å². The zero-order valence-corrected chi connectivity index (χ0v) is 17.7. The number of fused-ring (bicyclic) bond motifs is 1. The van der Waals surface area contributed by atoms with Crippen molar-refractivity contribution in [3.05, 3.63) is 42.1 Å². The van der Waals surface area contributed by atoms with Crippen molar-refractivity contribution in [3.63, 3.8) is 0 Å². The summed E-state index contributed by atoms with van der Waals surface area (Å²) in [5.41, 5.74) is -0.316. The Balaban J connectivity index is 1.52. The number of anilines is 1. The minimum atomic E-state index is -0.744. The van der Waals surface area contributed by atoms with Gasteiger partial charge in [0, 0.05) is 36.0 Å². The number of nitrogens with zero attached hydrogens (tertiary/aromatic N) is 6. The number of aromatic nitrogens is 4. The monoisotopic (exact) mass is 420 g/mol. The number of hydrogen-bond acceptors (Lipinski definition) is 6. The lowest BCUT2D eigenvalue weighted by atomic mass is 9.65. The molecule has 5 rings (SSSR count). The average Bonchev–Trinajstić information content (AvgIpc) is 3.35. The zero-order chi connectivity index (χ0) is 21.8. The summed E-state index contributed by atoms with van der Waals surface area (Å²) in [5.74, 6) is 1.18. The quantitative estimate of drug-likeness (QED) is 0.695. The van der Waals surface area contributed by atoms with Crippen molar-refractivity contribution in [2.45, 2.75) is 50.5 Å². The fourth-order valence-corrected chi connectivity index (χ4v) is 4.74. The molecule has 1 saturated carbocycles. The summed E-state index contributed by atoms with van der Waals surface area (Å²) in [6, 6.07) is 7.41. The molecule has 0 bridgehead atoms. The Morgan fingerprint density at radius 3 is 2.65 bits per heavy atom. The van der Waals surface area contributed by atoms with E-state index in [-0.39, 0.29) is 11.7 Å². The predicted molar refractivity (Wildman–Crippen MR) is 114 cm³/mol. The molecule has 2 fully saturated rings. The van der Waals surface area contributed by atoms with Crippen molar-refractivity contribution in [1.82, 2.24) is 19.7 Å². The Morgan fingerprint density at radius 1 is 1.23 bits per heavy atom. The molecule has 1 saturated heterocycles. The number of nitriles is 1. The van der Waals surface area contributed by atoms with Gasteiger partial charge in [-0.2, -0.15) is 10.4 Å². The Bertz CT molecular complexity index is 1190. The van der Waals surface area contributed by atoms with Crippen LogP contribution in [0.1, 0.15) is 45.1 Å². The number of halogens is 1. The third-order valence-corrected chi connectivity index (χ3v) is 6.96. The molecular weight excluding hydrogens is 395 g/mol. The number of hydrogen-bond donors (Lipinski definition) is 1. The molecule has 0 amide bonds. The van der Waals surface area contributed by atoms with Gasteiger partial charge in [0.25, 0.3) is 0 Å². The van der Waals surface area contributed by atoms with E-state index in [1.54, 1.807) is 16.9 Å². The highest BCUT2D eigenvalue weighted by molar-refractivity contribution is 5.81. The first-order chi connectivity index (χ1) is 14.8. The van der Waals surface area contributed by atoms with E-state index in [9.17, 15) is 14.8 Å². The average molecular weight is 420 g/mol. The molecule has 1 aliphatic heterocycles. The fraction of sp³-hybridized carbons (Fsp3) is 0.478. The molecular formula is C23H25FN6O. The van der Waals surface area contributed by atoms with Crippen LogP contribution in [0, 0.1) is 23.1 Å². The van der Waals surface area contributed by atoms with Crippen molar-refractivity contribution in [1.29, 1.82) is 5.26 Å². The molecule has 1 aromatic carbocycles. The second kappa shape index (κ2) is 6.99. The molecule has 0 spiro atoms. The minimum absolute atomic E-state index is 0.173. The highest BCUT2D eigenvalue weighted by atomic mass is 19.1. The maximum absolute atomic E-state index is 14.8. The summed E-state index contributed by atoms with van der Waals surface area (Å²) in [7, 11) is 0. The van der Waals surface area contributed by atoms with Crippen molar-refractivity contribution < 1.29 is 9.50 Å². The first kappa shape index (κ1) is 19.9. The molecule has 160 valence electrons. The van der Waals surface area contributed by atoms with E-state index in [4.69, 9.17) is 0 Å². The molecule has 3 heterocycles. The van der Waals surface area contributed by atoms with Crippen molar-refractivity contribution in [2.75, 3.05) is 18.0 Å². The number of benzene rings is 1. The van der Waals surface area contributed by atoms with Crippen molar-refractivity contribution >= 4 is 16.7 Å². The van der Waals surface area contributed by atoms with Crippen LogP contribution in [0.25, 0.3) is 16.7 Å². The molecule has 1 N–H and O–H groups in total. The Morgan fingerprint density at radius 2 is 2.00 bits per heavy atom. The van der Waals surface area contributed by atoms with Gasteiger partial charge in [-0.15, -0.1) is 0 Å². The highest BCUT2D eigenvalue weighted by Gasteiger charge is 2.41. The zero-order valence-electron chi connectivity index (χ0n) is 17.7. The Labute approximate surface area is 180 Å². The van der Waals surface area contributed by atoms with Gasteiger partial charge in [-0.25, -0.2) is 19.0 Å². The van der Waals surface area contributed by atoms with Gasteiger partial charge in [-0.3, -0.25) is 0 Å². The summed E-state index contributed by atoms with van der Waals surface area (Å²) in [6.45, 7) is 5.22. The SMILES string of the molecule is CC(C)(O)[C@@H]1CCN(c2cc(-n3ncc4cc(F)c(C5(C#N)CCC5)cc43)ncn2)C1. The largest absolute Gasteiger partial charge is 0.390 e. The molecule has 1 aliphatic carbocycles.